The molecule has 0 unspecified atom stereocenters. The molecular formula is C21H25N3O3S. The van der Waals surface area contributed by atoms with E-state index in [1.54, 1.807) is 0 Å². The molecule has 0 atom stereocenters. The molecule has 1 aliphatic heterocycles. The van der Waals surface area contributed by atoms with E-state index in [1.165, 1.54) is 36.9 Å². The normalized spacial score (nSPS) is 19.9. The van der Waals surface area contributed by atoms with Crippen LogP contribution in [0.15, 0.2) is 11.1 Å². The molecule has 1 saturated carbocycles. The van der Waals surface area contributed by atoms with Gasteiger partial charge in [0, 0.05) is 17.4 Å². The molecule has 1 N–H and O–H groups in total. The molecule has 28 heavy (non-hydrogen) atoms. The van der Waals surface area contributed by atoms with Gasteiger partial charge in [0.05, 0.1) is 42.5 Å². The van der Waals surface area contributed by atoms with Crippen LogP contribution in [0.4, 0.5) is 0 Å². The van der Waals surface area contributed by atoms with Crippen LogP contribution in [0.25, 0.3) is 20.4 Å². The minimum absolute atomic E-state index is 0.110. The minimum atomic E-state index is -0.235. The van der Waals surface area contributed by atoms with E-state index in [2.05, 4.69) is 23.8 Å². The number of fused-ring (bicyclic) bond motifs is 4. The molecule has 5 rings (SSSR count). The summed E-state index contributed by atoms with van der Waals surface area (Å²) in [6.45, 7) is 5.24. The Bertz CT molecular complexity index is 1100. The van der Waals surface area contributed by atoms with E-state index in [1.807, 2.05) is 0 Å². The summed E-state index contributed by atoms with van der Waals surface area (Å²) in [5.74, 6) is 0. The van der Waals surface area contributed by atoms with Gasteiger partial charge in [-0.15, -0.1) is 11.3 Å². The van der Waals surface area contributed by atoms with E-state index in [0.29, 0.717) is 24.0 Å². The van der Waals surface area contributed by atoms with Gasteiger partial charge in [-0.3, -0.25) is 4.79 Å². The fraction of sp³-hybridized carbons (Fsp3) is 0.571. The third-order valence-corrected chi connectivity index (χ3v) is 7.00. The van der Waals surface area contributed by atoms with Crippen molar-refractivity contribution in [1.82, 2.24) is 15.0 Å². The lowest BCUT2D eigenvalue weighted by Crippen LogP contribution is -2.33. The summed E-state index contributed by atoms with van der Waals surface area (Å²) in [4.78, 5) is 25.3. The van der Waals surface area contributed by atoms with Crippen LogP contribution >= 0.6 is 11.3 Å². The van der Waals surface area contributed by atoms with Gasteiger partial charge in [-0.25, -0.2) is 9.97 Å². The summed E-state index contributed by atoms with van der Waals surface area (Å²) in [6, 6.07) is 0. The molecule has 0 radical (unpaired) electrons. The minimum Gasteiger partial charge on any atom is -0.374 e. The topological polar surface area (TPSA) is 77.1 Å². The Morgan fingerprint density at radius 3 is 2.96 bits per heavy atom. The SMILES string of the molecule is CC1(C)Cc2nc3sc4c(=O)[nH]cnc4c3c(COC3CCCCC3)c2CO1. The van der Waals surface area contributed by atoms with Gasteiger partial charge in [0.15, 0.2) is 0 Å². The maximum atomic E-state index is 12.3. The molecule has 4 heterocycles. The number of ether oxygens (including phenoxy) is 2. The standard InChI is InChI=1S/C21H25N3O3S/c1-21(2)8-15-13(10-27-21)14(9-26-12-6-4-3-5-7-12)16-17-18(28-20(16)24-15)19(25)23-11-22-17/h11-12H,3-10H2,1-2H3,(H,22,23,25). The van der Waals surface area contributed by atoms with Gasteiger partial charge in [-0.05, 0) is 32.3 Å². The first-order valence-corrected chi connectivity index (χ1v) is 10.9. The fourth-order valence-electron chi connectivity index (χ4n) is 4.41. The number of thiophene rings is 1. The van der Waals surface area contributed by atoms with E-state index in [0.717, 1.165) is 51.8 Å². The third kappa shape index (κ3) is 3.15. The maximum Gasteiger partial charge on any atom is 0.268 e. The Balaban J connectivity index is 1.66. The van der Waals surface area contributed by atoms with E-state index >= 15 is 0 Å². The fourth-order valence-corrected chi connectivity index (χ4v) is 5.48. The Morgan fingerprint density at radius 1 is 1.32 bits per heavy atom. The summed E-state index contributed by atoms with van der Waals surface area (Å²) in [5.41, 5.74) is 3.67. The summed E-state index contributed by atoms with van der Waals surface area (Å²) in [6.07, 6.45) is 8.59. The van der Waals surface area contributed by atoms with Crippen LogP contribution in [0.2, 0.25) is 0 Å². The summed E-state index contributed by atoms with van der Waals surface area (Å²) >= 11 is 1.42. The van der Waals surface area contributed by atoms with Crippen LogP contribution in [0.3, 0.4) is 0 Å². The monoisotopic (exact) mass is 399 g/mol. The van der Waals surface area contributed by atoms with Gasteiger partial charge in [-0.1, -0.05) is 19.3 Å². The number of hydrogen-bond donors (Lipinski definition) is 1. The Labute approximate surface area is 167 Å². The lowest BCUT2D eigenvalue weighted by atomic mass is 9.92. The average molecular weight is 400 g/mol. The van der Waals surface area contributed by atoms with Crippen LogP contribution in [0.1, 0.15) is 62.8 Å². The Morgan fingerprint density at radius 2 is 2.14 bits per heavy atom. The molecule has 7 heteroatoms. The molecule has 3 aromatic heterocycles. The second-order valence-corrected chi connectivity index (χ2v) is 9.50. The molecule has 1 aliphatic carbocycles. The van der Waals surface area contributed by atoms with Crippen molar-refractivity contribution in [2.24, 2.45) is 0 Å². The van der Waals surface area contributed by atoms with Gasteiger partial charge in [-0.2, -0.15) is 0 Å². The highest BCUT2D eigenvalue weighted by molar-refractivity contribution is 7.25. The van der Waals surface area contributed by atoms with Gasteiger partial charge in [0.1, 0.15) is 9.53 Å². The number of hydrogen-bond acceptors (Lipinski definition) is 6. The predicted octanol–water partition coefficient (Wildman–Crippen LogP) is 4.23. The molecule has 3 aromatic rings. The molecule has 1 fully saturated rings. The quantitative estimate of drug-likeness (QED) is 0.713. The van der Waals surface area contributed by atoms with E-state index in [-0.39, 0.29) is 11.2 Å². The number of rotatable bonds is 3. The molecule has 148 valence electrons. The Hall–Kier alpha value is -1.83. The third-order valence-electron chi connectivity index (χ3n) is 5.93. The number of nitrogens with zero attached hydrogens (tertiary/aromatic N) is 2. The zero-order valence-electron chi connectivity index (χ0n) is 16.3. The number of nitrogens with one attached hydrogen (secondary N) is 1. The van der Waals surface area contributed by atoms with Crippen molar-refractivity contribution in [3.8, 4) is 0 Å². The van der Waals surface area contributed by atoms with Crippen LogP contribution in [-0.2, 0) is 29.1 Å². The van der Waals surface area contributed by atoms with Gasteiger partial charge in [0.25, 0.3) is 5.56 Å². The van der Waals surface area contributed by atoms with Crippen LogP contribution in [0, 0.1) is 0 Å². The second-order valence-electron chi connectivity index (χ2n) is 8.50. The molecule has 0 amide bonds. The first-order valence-electron chi connectivity index (χ1n) is 10.1. The summed E-state index contributed by atoms with van der Waals surface area (Å²) < 4.78 is 13.1. The highest BCUT2D eigenvalue weighted by Crippen LogP contribution is 2.38. The number of aromatic amines is 1. The zero-order chi connectivity index (χ0) is 19.3. The van der Waals surface area contributed by atoms with Crippen molar-refractivity contribution >= 4 is 31.8 Å². The highest BCUT2D eigenvalue weighted by atomic mass is 32.1. The lowest BCUT2D eigenvalue weighted by Gasteiger charge is -2.32. The first-order chi connectivity index (χ1) is 13.5. The smallest absolute Gasteiger partial charge is 0.268 e. The van der Waals surface area contributed by atoms with Gasteiger partial charge < -0.3 is 14.5 Å². The van der Waals surface area contributed by atoms with Crippen molar-refractivity contribution < 1.29 is 9.47 Å². The number of aromatic nitrogens is 3. The molecule has 0 bridgehead atoms. The molecule has 0 aromatic carbocycles. The number of pyridine rings is 1. The molecule has 2 aliphatic rings. The van der Waals surface area contributed by atoms with E-state index in [9.17, 15) is 4.79 Å². The molecule has 0 spiro atoms. The van der Waals surface area contributed by atoms with Crippen molar-refractivity contribution in [2.75, 3.05) is 0 Å². The van der Waals surface area contributed by atoms with Crippen LogP contribution in [-0.4, -0.2) is 26.7 Å². The van der Waals surface area contributed by atoms with Crippen LogP contribution in [0.5, 0.6) is 0 Å². The summed E-state index contributed by atoms with van der Waals surface area (Å²) in [5, 5.41) is 0.962. The van der Waals surface area contributed by atoms with Crippen molar-refractivity contribution in [3.63, 3.8) is 0 Å². The van der Waals surface area contributed by atoms with Gasteiger partial charge >= 0.3 is 0 Å². The second kappa shape index (κ2) is 6.90. The molecular weight excluding hydrogens is 374 g/mol. The largest absolute Gasteiger partial charge is 0.374 e. The first kappa shape index (κ1) is 18.2. The lowest BCUT2D eigenvalue weighted by molar-refractivity contribution is -0.0430. The molecule has 6 nitrogen and oxygen atoms in total. The highest BCUT2D eigenvalue weighted by Gasteiger charge is 2.31. The van der Waals surface area contributed by atoms with E-state index < -0.39 is 0 Å². The van der Waals surface area contributed by atoms with Crippen LogP contribution < -0.4 is 5.56 Å². The summed E-state index contributed by atoms with van der Waals surface area (Å²) in [7, 11) is 0. The van der Waals surface area contributed by atoms with Crippen molar-refractivity contribution in [1.29, 1.82) is 0 Å². The average Bonchev–Trinajstić information content (AvgIpc) is 3.05. The van der Waals surface area contributed by atoms with Crippen molar-refractivity contribution in [3.05, 3.63) is 33.5 Å². The van der Waals surface area contributed by atoms with E-state index in [4.69, 9.17) is 14.5 Å². The predicted molar refractivity (Wildman–Crippen MR) is 110 cm³/mol. The maximum absolute atomic E-state index is 12.3. The molecule has 0 saturated heterocycles. The Kier molecular flexibility index (Phi) is 4.49. The zero-order valence-corrected chi connectivity index (χ0v) is 17.2. The number of H-pyrrole nitrogens is 1. The van der Waals surface area contributed by atoms with Crippen molar-refractivity contribution in [2.45, 2.75) is 77.3 Å². The van der Waals surface area contributed by atoms with Gasteiger partial charge in [0.2, 0.25) is 0 Å².